The van der Waals surface area contributed by atoms with Crippen LogP contribution in [0.3, 0.4) is 0 Å². The zero-order valence-corrected chi connectivity index (χ0v) is 15.7. The number of benzene rings is 1. The molecular weight excluding hydrogens is 344 g/mol. The molecule has 0 radical (unpaired) electrons. The van der Waals surface area contributed by atoms with Crippen molar-refractivity contribution in [2.24, 2.45) is 0 Å². The van der Waals surface area contributed by atoms with E-state index in [2.05, 4.69) is 22.9 Å². The van der Waals surface area contributed by atoms with Gasteiger partial charge < -0.3 is 9.80 Å². The quantitative estimate of drug-likeness (QED) is 0.708. The number of nitrogens with zero attached hydrogens (tertiary/aromatic N) is 4. The Bertz CT molecular complexity index is 882. The number of aromatic nitrogens is 2. The molecule has 1 aliphatic heterocycles. The normalized spacial score (nSPS) is 14.8. The second-order valence-corrected chi connectivity index (χ2v) is 7.54. The second kappa shape index (κ2) is 7.41. The van der Waals surface area contributed by atoms with Gasteiger partial charge in [0, 0.05) is 43.6 Å². The van der Waals surface area contributed by atoms with Crippen LogP contribution in [0, 0.1) is 0 Å². The van der Waals surface area contributed by atoms with Gasteiger partial charge in [-0.15, -0.1) is 0 Å². The Morgan fingerprint density at radius 1 is 1.15 bits per heavy atom. The van der Waals surface area contributed by atoms with Crippen molar-refractivity contribution in [2.75, 3.05) is 31.1 Å². The SMILES string of the molecule is CCCc1cc(C(=O)N2CCN(c3nc4ccccc4s3)CC2)ccn1. The lowest BCUT2D eigenvalue weighted by atomic mass is 10.1. The van der Waals surface area contributed by atoms with E-state index in [0.717, 1.165) is 60.9 Å². The Balaban J connectivity index is 1.43. The molecule has 3 aromatic rings. The zero-order chi connectivity index (χ0) is 17.9. The fraction of sp³-hybridized carbons (Fsp3) is 0.350. The van der Waals surface area contributed by atoms with Crippen LogP contribution in [0.4, 0.5) is 5.13 Å². The van der Waals surface area contributed by atoms with Crippen molar-refractivity contribution in [3.8, 4) is 0 Å². The van der Waals surface area contributed by atoms with Crippen LogP contribution in [-0.2, 0) is 6.42 Å². The number of thiazole rings is 1. The van der Waals surface area contributed by atoms with E-state index >= 15 is 0 Å². The molecule has 26 heavy (non-hydrogen) atoms. The van der Waals surface area contributed by atoms with E-state index in [1.165, 1.54) is 4.70 Å². The summed E-state index contributed by atoms with van der Waals surface area (Å²) in [5.41, 5.74) is 2.79. The van der Waals surface area contributed by atoms with E-state index < -0.39 is 0 Å². The largest absolute Gasteiger partial charge is 0.345 e. The molecule has 2 aromatic heterocycles. The van der Waals surface area contributed by atoms with Crippen LogP contribution in [0.25, 0.3) is 10.2 Å². The lowest BCUT2D eigenvalue weighted by molar-refractivity contribution is 0.0746. The van der Waals surface area contributed by atoms with E-state index in [1.807, 2.05) is 35.2 Å². The Labute approximate surface area is 157 Å². The molecule has 0 bridgehead atoms. The maximum absolute atomic E-state index is 12.8. The molecule has 1 fully saturated rings. The Morgan fingerprint density at radius 2 is 1.96 bits per heavy atom. The molecule has 0 N–H and O–H groups in total. The van der Waals surface area contributed by atoms with Crippen LogP contribution in [0.2, 0.25) is 0 Å². The maximum atomic E-state index is 12.8. The van der Waals surface area contributed by atoms with Gasteiger partial charge in [0.25, 0.3) is 5.91 Å². The summed E-state index contributed by atoms with van der Waals surface area (Å²) in [5.74, 6) is 0.105. The lowest BCUT2D eigenvalue weighted by Crippen LogP contribution is -2.48. The van der Waals surface area contributed by atoms with E-state index in [4.69, 9.17) is 4.98 Å². The van der Waals surface area contributed by atoms with Crippen LogP contribution in [0.1, 0.15) is 29.4 Å². The molecule has 0 saturated carbocycles. The number of carbonyl (C=O) groups is 1. The predicted octanol–water partition coefficient (Wildman–Crippen LogP) is 3.61. The minimum absolute atomic E-state index is 0.105. The van der Waals surface area contributed by atoms with Gasteiger partial charge in [0.15, 0.2) is 5.13 Å². The molecule has 0 spiro atoms. The molecule has 3 heterocycles. The first-order chi connectivity index (χ1) is 12.7. The molecule has 4 rings (SSSR count). The number of amides is 1. The van der Waals surface area contributed by atoms with Crippen molar-refractivity contribution < 1.29 is 4.79 Å². The van der Waals surface area contributed by atoms with E-state index in [-0.39, 0.29) is 5.91 Å². The number of para-hydroxylation sites is 1. The van der Waals surface area contributed by atoms with Crippen LogP contribution in [0.15, 0.2) is 42.6 Å². The molecule has 1 amide bonds. The number of fused-ring (bicyclic) bond motifs is 1. The summed E-state index contributed by atoms with van der Waals surface area (Å²) >= 11 is 1.72. The van der Waals surface area contributed by atoms with Crippen molar-refractivity contribution in [3.05, 3.63) is 53.9 Å². The average molecular weight is 366 g/mol. The summed E-state index contributed by atoms with van der Waals surface area (Å²) in [6.45, 7) is 5.20. The number of piperazine rings is 1. The molecule has 0 aliphatic carbocycles. The predicted molar refractivity (Wildman–Crippen MR) is 106 cm³/mol. The summed E-state index contributed by atoms with van der Waals surface area (Å²) in [7, 11) is 0. The Kier molecular flexibility index (Phi) is 4.84. The minimum atomic E-state index is 0.105. The first kappa shape index (κ1) is 17.0. The average Bonchev–Trinajstić information content (AvgIpc) is 3.12. The molecule has 0 atom stereocenters. The number of pyridine rings is 1. The van der Waals surface area contributed by atoms with E-state index in [9.17, 15) is 4.79 Å². The standard InChI is InChI=1S/C20H22N4OS/c1-2-5-16-14-15(8-9-21-16)19(25)23-10-12-24(13-11-23)20-22-17-6-3-4-7-18(17)26-20/h3-4,6-9,14H,2,5,10-13H2,1H3. The highest BCUT2D eigenvalue weighted by atomic mass is 32.1. The minimum Gasteiger partial charge on any atom is -0.345 e. The van der Waals surface area contributed by atoms with Gasteiger partial charge in [-0.1, -0.05) is 36.8 Å². The molecule has 6 heteroatoms. The summed E-state index contributed by atoms with van der Waals surface area (Å²) in [5, 5.41) is 1.05. The van der Waals surface area contributed by atoms with E-state index in [1.54, 1.807) is 17.5 Å². The molecular formula is C20H22N4OS. The van der Waals surface area contributed by atoms with Crippen molar-refractivity contribution in [3.63, 3.8) is 0 Å². The molecule has 5 nitrogen and oxygen atoms in total. The van der Waals surface area contributed by atoms with Crippen LogP contribution in [0.5, 0.6) is 0 Å². The number of hydrogen-bond acceptors (Lipinski definition) is 5. The number of rotatable bonds is 4. The summed E-state index contributed by atoms with van der Waals surface area (Å²) in [6.07, 6.45) is 3.69. The van der Waals surface area contributed by atoms with Crippen LogP contribution in [-0.4, -0.2) is 47.0 Å². The maximum Gasteiger partial charge on any atom is 0.254 e. The zero-order valence-electron chi connectivity index (χ0n) is 14.9. The van der Waals surface area contributed by atoms with Gasteiger partial charge >= 0.3 is 0 Å². The van der Waals surface area contributed by atoms with Gasteiger partial charge in [-0.05, 0) is 30.7 Å². The molecule has 1 aliphatic rings. The Morgan fingerprint density at radius 3 is 2.73 bits per heavy atom. The van der Waals surface area contributed by atoms with Gasteiger partial charge in [-0.2, -0.15) is 0 Å². The summed E-state index contributed by atoms with van der Waals surface area (Å²) < 4.78 is 1.21. The van der Waals surface area contributed by atoms with Gasteiger partial charge in [0.05, 0.1) is 10.2 Å². The molecule has 0 unspecified atom stereocenters. The van der Waals surface area contributed by atoms with E-state index in [0.29, 0.717) is 0 Å². The molecule has 1 saturated heterocycles. The second-order valence-electron chi connectivity index (χ2n) is 6.53. The summed E-state index contributed by atoms with van der Waals surface area (Å²) in [6, 6.07) is 12.0. The van der Waals surface area contributed by atoms with Crippen molar-refractivity contribution in [1.82, 2.24) is 14.9 Å². The summed E-state index contributed by atoms with van der Waals surface area (Å²) in [4.78, 5) is 26.1. The first-order valence-electron chi connectivity index (χ1n) is 9.09. The number of anilines is 1. The first-order valence-corrected chi connectivity index (χ1v) is 9.91. The van der Waals surface area contributed by atoms with Gasteiger partial charge in [0.2, 0.25) is 0 Å². The third-order valence-electron chi connectivity index (χ3n) is 4.69. The monoisotopic (exact) mass is 366 g/mol. The van der Waals surface area contributed by atoms with Gasteiger partial charge in [0.1, 0.15) is 0 Å². The smallest absolute Gasteiger partial charge is 0.254 e. The van der Waals surface area contributed by atoms with Crippen LogP contribution >= 0.6 is 11.3 Å². The Hall–Kier alpha value is -2.47. The van der Waals surface area contributed by atoms with Crippen molar-refractivity contribution in [1.29, 1.82) is 0 Å². The number of hydrogen-bond donors (Lipinski definition) is 0. The highest BCUT2D eigenvalue weighted by Crippen LogP contribution is 2.29. The highest BCUT2D eigenvalue weighted by molar-refractivity contribution is 7.22. The lowest BCUT2D eigenvalue weighted by Gasteiger charge is -2.34. The highest BCUT2D eigenvalue weighted by Gasteiger charge is 2.24. The van der Waals surface area contributed by atoms with Crippen LogP contribution < -0.4 is 4.90 Å². The topological polar surface area (TPSA) is 49.3 Å². The van der Waals surface area contributed by atoms with Gasteiger partial charge in [-0.25, -0.2) is 4.98 Å². The third kappa shape index (κ3) is 3.42. The number of aryl methyl sites for hydroxylation is 1. The molecule has 1 aromatic carbocycles. The fourth-order valence-electron chi connectivity index (χ4n) is 3.28. The third-order valence-corrected chi connectivity index (χ3v) is 5.79. The fourth-order valence-corrected chi connectivity index (χ4v) is 4.30. The van der Waals surface area contributed by atoms with Gasteiger partial charge in [-0.3, -0.25) is 9.78 Å². The molecule has 134 valence electrons. The van der Waals surface area contributed by atoms with Crippen molar-refractivity contribution in [2.45, 2.75) is 19.8 Å². The number of carbonyl (C=O) groups excluding carboxylic acids is 1. The van der Waals surface area contributed by atoms with Crippen molar-refractivity contribution >= 4 is 32.6 Å².